The fraction of sp³-hybridized carbons (Fsp3) is 0.292. The molecule has 7 nitrogen and oxygen atoms in total. The van der Waals surface area contributed by atoms with Gasteiger partial charge in [0.2, 0.25) is 15.9 Å². The topological polar surface area (TPSA) is 84.9 Å². The molecular formula is C24H28N2O5S. The van der Waals surface area contributed by atoms with E-state index in [1.54, 1.807) is 24.3 Å². The number of benzene rings is 2. The smallest absolute Gasteiger partial charge is 0.248 e. The van der Waals surface area contributed by atoms with Crippen LogP contribution in [0.5, 0.6) is 11.5 Å². The first-order valence-corrected chi connectivity index (χ1v) is 11.9. The van der Waals surface area contributed by atoms with E-state index in [1.807, 2.05) is 24.3 Å². The lowest BCUT2D eigenvalue weighted by Crippen LogP contribution is -2.35. The van der Waals surface area contributed by atoms with Gasteiger partial charge in [-0.05, 0) is 54.8 Å². The van der Waals surface area contributed by atoms with Crippen molar-refractivity contribution in [3.63, 3.8) is 0 Å². The predicted octanol–water partition coefficient (Wildman–Crippen LogP) is 4.09. The number of nitrogens with zero attached hydrogens (tertiary/aromatic N) is 1. The fourth-order valence-electron chi connectivity index (χ4n) is 3.39. The summed E-state index contributed by atoms with van der Waals surface area (Å²) >= 11 is 0. The number of hydrogen-bond donors (Lipinski definition) is 1. The molecule has 1 N–H and O–H groups in total. The summed E-state index contributed by atoms with van der Waals surface area (Å²) < 4.78 is 38.4. The summed E-state index contributed by atoms with van der Waals surface area (Å²) in [4.78, 5) is 12.4. The molecule has 0 bridgehead atoms. The van der Waals surface area contributed by atoms with Crippen molar-refractivity contribution in [2.24, 2.45) is 0 Å². The van der Waals surface area contributed by atoms with Crippen LogP contribution in [0.1, 0.15) is 24.8 Å². The number of anilines is 1. The summed E-state index contributed by atoms with van der Waals surface area (Å²) in [5, 5.41) is 2.72. The number of ether oxygens (including phenoxy) is 2. The summed E-state index contributed by atoms with van der Waals surface area (Å²) in [7, 11) is -2.28. The van der Waals surface area contributed by atoms with E-state index >= 15 is 0 Å². The van der Waals surface area contributed by atoms with Crippen LogP contribution in [0.4, 0.5) is 5.69 Å². The van der Waals surface area contributed by atoms with E-state index in [1.165, 1.54) is 23.6 Å². The Morgan fingerprint density at radius 3 is 2.50 bits per heavy atom. The van der Waals surface area contributed by atoms with Crippen molar-refractivity contribution in [1.29, 1.82) is 0 Å². The van der Waals surface area contributed by atoms with Gasteiger partial charge in [-0.25, -0.2) is 8.42 Å². The average molecular weight is 457 g/mol. The molecule has 0 aromatic heterocycles. The third kappa shape index (κ3) is 5.99. The van der Waals surface area contributed by atoms with Crippen molar-refractivity contribution in [3.05, 3.63) is 66.8 Å². The van der Waals surface area contributed by atoms with E-state index in [4.69, 9.17) is 9.47 Å². The highest BCUT2D eigenvalue weighted by Crippen LogP contribution is 2.31. The molecule has 1 aliphatic rings. The maximum atomic E-state index is 13.1. The Labute approximate surface area is 189 Å². The van der Waals surface area contributed by atoms with Gasteiger partial charge in [0.15, 0.2) is 0 Å². The highest BCUT2D eigenvalue weighted by molar-refractivity contribution is 7.89. The molecule has 32 heavy (non-hydrogen) atoms. The van der Waals surface area contributed by atoms with Crippen molar-refractivity contribution < 1.29 is 22.7 Å². The van der Waals surface area contributed by atoms with E-state index in [-0.39, 0.29) is 16.6 Å². The first kappa shape index (κ1) is 23.6. The maximum Gasteiger partial charge on any atom is 0.248 e. The van der Waals surface area contributed by atoms with Gasteiger partial charge < -0.3 is 14.8 Å². The first-order valence-electron chi connectivity index (χ1n) is 10.4. The van der Waals surface area contributed by atoms with Gasteiger partial charge in [0.25, 0.3) is 0 Å². The first-order chi connectivity index (χ1) is 15.4. The van der Waals surface area contributed by atoms with E-state index in [0.29, 0.717) is 31.1 Å². The van der Waals surface area contributed by atoms with Crippen molar-refractivity contribution in [2.45, 2.75) is 24.2 Å². The molecule has 1 aliphatic heterocycles. The molecule has 0 saturated carbocycles. The Hall–Kier alpha value is -3.10. The van der Waals surface area contributed by atoms with E-state index in [9.17, 15) is 13.2 Å². The molecule has 0 radical (unpaired) electrons. The van der Waals surface area contributed by atoms with Gasteiger partial charge in [-0.3, -0.25) is 4.79 Å². The van der Waals surface area contributed by atoms with Crippen molar-refractivity contribution >= 4 is 27.7 Å². The standard InChI is InChI=1S/C24H28N2O5S/c1-3-17-31-21-11-7-19(8-12-21)9-14-24(27)25-20-10-13-22(30-2)23(18-20)32(28,29)26-15-5-4-6-16-26/h3,7-14,18H,1,4-6,15-17H2,2H3,(H,25,27)/b14-9+. The fourth-order valence-corrected chi connectivity index (χ4v) is 5.09. The Morgan fingerprint density at radius 1 is 1.12 bits per heavy atom. The number of nitrogens with one attached hydrogen (secondary N) is 1. The van der Waals surface area contributed by atoms with Gasteiger partial charge in [-0.15, -0.1) is 0 Å². The molecule has 1 heterocycles. The molecule has 0 aliphatic carbocycles. The maximum absolute atomic E-state index is 13.1. The molecule has 8 heteroatoms. The lowest BCUT2D eigenvalue weighted by Gasteiger charge is -2.26. The third-order valence-corrected chi connectivity index (χ3v) is 6.96. The van der Waals surface area contributed by atoms with E-state index in [0.717, 1.165) is 24.8 Å². The van der Waals surface area contributed by atoms with Crippen molar-refractivity contribution in [3.8, 4) is 11.5 Å². The SMILES string of the molecule is C=CCOc1ccc(/C=C/C(=O)Nc2ccc(OC)c(S(=O)(=O)N3CCCCC3)c2)cc1. The van der Waals surface area contributed by atoms with Crippen LogP contribution in [0.15, 0.2) is 66.1 Å². The lowest BCUT2D eigenvalue weighted by molar-refractivity contribution is -0.111. The highest BCUT2D eigenvalue weighted by atomic mass is 32.2. The van der Waals surface area contributed by atoms with Crippen LogP contribution in [0.2, 0.25) is 0 Å². The van der Waals surface area contributed by atoms with Gasteiger partial charge >= 0.3 is 0 Å². The number of rotatable bonds is 9. The molecule has 2 aromatic rings. The zero-order valence-electron chi connectivity index (χ0n) is 18.1. The number of piperidine rings is 1. The molecule has 0 spiro atoms. The Balaban J connectivity index is 1.71. The summed E-state index contributed by atoms with van der Waals surface area (Å²) in [6.07, 6.45) is 7.43. The monoisotopic (exact) mass is 456 g/mol. The highest BCUT2D eigenvalue weighted by Gasteiger charge is 2.29. The zero-order valence-corrected chi connectivity index (χ0v) is 18.9. The van der Waals surface area contributed by atoms with E-state index in [2.05, 4.69) is 11.9 Å². The quantitative estimate of drug-likeness (QED) is 0.454. The van der Waals surface area contributed by atoms with Gasteiger partial charge in [-0.2, -0.15) is 4.31 Å². The average Bonchev–Trinajstić information content (AvgIpc) is 2.82. The molecular weight excluding hydrogens is 428 g/mol. The number of amides is 1. The lowest BCUT2D eigenvalue weighted by atomic mass is 10.2. The number of methoxy groups -OCH3 is 1. The van der Waals surface area contributed by atoms with Crippen LogP contribution < -0.4 is 14.8 Å². The summed E-state index contributed by atoms with van der Waals surface area (Å²) in [6, 6.07) is 11.9. The van der Waals surface area contributed by atoms with Crippen molar-refractivity contribution in [1.82, 2.24) is 4.31 Å². The second kappa shape index (κ2) is 11.0. The van der Waals surface area contributed by atoms with Crippen LogP contribution in [-0.4, -0.2) is 45.4 Å². The normalized spacial score (nSPS) is 14.8. The number of carbonyl (C=O) groups is 1. The second-order valence-corrected chi connectivity index (χ2v) is 9.23. The number of carbonyl (C=O) groups excluding carboxylic acids is 1. The van der Waals surface area contributed by atoms with Crippen LogP contribution in [0, 0.1) is 0 Å². The Morgan fingerprint density at radius 2 is 1.84 bits per heavy atom. The Kier molecular flexibility index (Phi) is 8.08. The molecule has 1 amide bonds. The van der Waals surface area contributed by atoms with Crippen molar-refractivity contribution in [2.75, 3.05) is 32.1 Å². The van der Waals surface area contributed by atoms with Gasteiger partial charge in [0.05, 0.1) is 7.11 Å². The number of sulfonamides is 1. The van der Waals surface area contributed by atoms with Crippen LogP contribution >= 0.6 is 0 Å². The molecule has 3 rings (SSSR count). The van der Waals surface area contributed by atoms with Gasteiger partial charge in [0.1, 0.15) is 23.0 Å². The van der Waals surface area contributed by atoms with Crippen LogP contribution in [-0.2, 0) is 14.8 Å². The van der Waals surface area contributed by atoms with Gasteiger partial charge in [-0.1, -0.05) is 31.2 Å². The molecule has 1 saturated heterocycles. The Bertz CT molecular complexity index is 1070. The zero-order chi connectivity index (χ0) is 23.0. The molecule has 170 valence electrons. The van der Waals surface area contributed by atoms with E-state index < -0.39 is 10.0 Å². The van der Waals surface area contributed by atoms with Crippen LogP contribution in [0.25, 0.3) is 6.08 Å². The largest absolute Gasteiger partial charge is 0.495 e. The second-order valence-electron chi connectivity index (χ2n) is 7.32. The minimum Gasteiger partial charge on any atom is -0.495 e. The summed E-state index contributed by atoms with van der Waals surface area (Å²) in [6.45, 7) is 5.01. The number of hydrogen-bond acceptors (Lipinski definition) is 5. The van der Waals surface area contributed by atoms with Crippen LogP contribution in [0.3, 0.4) is 0 Å². The molecule has 0 atom stereocenters. The minimum absolute atomic E-state index is 0.0544. The predicted molar refractivity (Wildman–Crippen MR) is 125 cm³/mol. The summed E-state index contributed by atoms with van der Waals surface area (Å²) in [5.41, 5.74) is 1.21. The summed E-state index contributed by atoms with van der Waals surface area (Å²) in [5.74, 6) is 0.596. The molecule has 2 aromatic carbocycles. The molecule has 0 unspecified atom stereocenters. The third-order valence-electron chi connectivity index (χ3n) is 5.04. The minimum atomic E-state index is -3.71. The molecule has 1 fully saturated rings. The van der Waals surface area contributed by atoms with Gasteiger partial charge in [0, 0.05) is 24.9 Å².